The zero-order valence-electron chi connectivity index (χ0n) is 15.6. The molecule has 146 valence electrons. The van der Waals surface area contributed by atoms with Crippen LogP contribution in [0.5, 0.6) is 0 Å². The Labute approximate surface area is 161 Å². The van der Waals surface area contributed by atoms with E-state index in [0.29, 0.717) is 17.9 Å². The number of aromatic amines is 1. The van der Waals surface area contributed by atoms with Gasteiger partial charge in [-0.2, -0.15) is 0 Å². The molecule has 1 saturated carbocycles. The van der Waals surface area contributed by atoms with Crippen molar-refractivity contribution >= 4 is 22.8 Å². The average Bonchev–Trinajstić information content (AvgIpc) is 3.14. The SMILES string of the molecule is CCC(=O)N[C@H]1CCC[C@@H](Nc2nc(-c3c[nH]c4ncncc34)ncc2F)C1. The van der Waals surface area contributed by atoms with E-state index in [1.54, 1.807) is 12.4 Å². The Balaban J connectivity index is 1.54. The lowest BCUT2D eigenvalue weighted by Gasteiger charge is -2.30. The molecular weight excluding hydrogens is 361 g/mol. The van der Waals surface area contributed by atoms with Gasteiger partial charge in [-0.15, -0.1) is 0 Å². The molecule has 28 heavy (non-hydrogen) atoms. The van der Waals surface area contributed by atoms with E-state index in [4.69, 9.17) is 0 Å². The van der Waals surface area contributed by atoms with Gasteiger partial charge in [0.05, 0.1) is 6.20 Å². The summed E-state index contributed by atoms with van der Waals surface area (Å²) in [5.41, 5.74) is 1.39. The van der Waals surface area contributed by atoms with Crippen LogP contribution in [-0.2, 0) is 4.79 Å². The summed E-state index contributed by atoms with van der Waals surface area (Å²) < 4.78 is 14.4. The largest absolute Gasteiger partial charge is 0.365 e. The van der Waals surface area contributed by atoms with Gasteiger partial charge in [-0.25, -0.2) is 24.3 Å². The van der Waals surface area contributed by atoms with Crippen LogP contribution < -0.4 is 10.6 Å². The Hall–Kier alpha value is -3.10. The Kier molecular flexibility index (Phi) is 5.14. The Morgan fingerprint density at radius 3 is 3.00 bits per heavy atom. The van der Waals surface area contributed by atoms with Gasteiger partial charge < -0.3 is 15.6 Å². The highest BCUT2D eigenvalue weighted by Gasteiger charge is 2.24. The number of H-pyrrole nitrogens is 1. The summed E-state index contributed by atoms with van der Waals surface area (Å²) in [5.74, 6) is 0.113. The van der Waals surface area contributed by atoms with Gasteiger partial charge >= 0.3 is 0 Å². The first-order chi connectivity index (χ1) is 13.6. The van der Waals surface area contributed by atoms with Crippen molar-refractivity contribution in [3.63, 3.8) is 0 Å². The molecule has 1 aliphatic rings. The first-order valence-electron chi connectivity index (χ1n) is 9.50. The quantitative estimate of drug-likeness (QED) is 0.625. The molecule has 9 heteroatoms. The van der Waals surface area contributed by atoms with Gasteiger partial charge in [0, 0.05) is 41.8 Å². The van der Waals surface area contributed by atoms with Crippen LogP contribution in [0.3, 0.4) is 0 Å². The summed E-state index contributed by atoms with van der Waals surface area (Å²) in [7, 11) is 0. The van der Waals surface area contributed by atoms with Gasteiger partial charge in [0.25, 0.3) is 0 Å². The van der Waals surface area contributed by atoms with Crippen molar-refractivity contribution in [2.24, 2.45) is 0 Å². The summed E-state index contributed by atoms with van der Waals surface area (Å²) in [4.78, 5) is 31.4. The van der Waals surface area contributed by atoms with Gasteiger partial charge in [0.1, 0.15) is 12.0 Å². The molecule has 0 radical (unpaired) electrons. The van der Waals surface area contributed by atoms with Crippen LogP contribution in [0.1, 0.15) is 39.0 Å². The number of carbonyl (C=O) groups is 1. The molecule has 3 aromatic heterocycles. The maximum absolute atomic E-state index is 14.4. The van der Waals surface area contributed by atoms with E-state index in [1.165, 1.54) is 12.5 Å². The standard InChI is InChI=1S/C19H22FN7O/c1-2-16(28)25-11-4-3-5-12(6-11)26-19-15(20)9-23-18(27-19)14-8-22-17-13(14)7-21-10-24-17/h7-12H,2-6H2,1H3,(H,25,28)(H,21,22,24)(H,23,26,27)/t11-,12+/m0/s1. The average molecular weight is 383 g/mol. The molecule has 0 spiro atoms. The van der Waals surface area contributed by atoms with Crippen LogP contribution in [0.2, 0.25) is 0 Å². The number of hydrogen-bond acceptors (Lipinski definition) is 6. The van der Waals surface area contributed by atoms with Crippen LogP contribution in [0.15, 0.2) is 24.9 Å². The fraction of sp³-hybridized carbons (Fsp3) is 0.421. The number of aromatic nitrogens is 5. The van der Waals surface area contributed by atoms with Crippen molar-refractivity contribution in [2.45, 2.75) is 51.1 Å². The predicted octanol–water partition coefficient (Wildman–Crippen LogP) is 2.80. The third kappa shape index (κ3) is 3.78. The van der Waals surface area contributed by atoms with Crippen LogP contribution >= 0.6 is 0 Å². The van der Waals surface area contributed by atoms with Crippen molar-refractivity contribution in [1.29, 1.82) is 0 Å². The minimum atomic E-state index is -0.500. The molecule has 0 aliphatic heterocycles. The zero-order chi connectivity index (χ0) is 19.5. The van der Waals surface area contributed by atoms with E-state index in [1.807, 2.05) is 6.92 Å². The topological polar surface area (TPSA) is 108 Å². The first kappa shape index (κ1) is 18.3. The smallest absolute Gasteiger partial charge is 0.219 e. The molecule has 0 unspecified atom stereocenters. The highest BCUT2D eigenvalue weighted by molar-refractivity contribution is 5.90. The van der Waals surface area contributed by atoms with E-state index >= 15 is 0 Å². The highest BCUT2D eigenvalue weighted by Crippen LogP contribution is 2.27. The number of fused-ring (bicyclic) bond motifs is 1. The summed E-state index contributed by atoms with van der Waals surface area (Å²) in [6.07, 6.45) is 10.1. The molecule has 0 bridgehead atoms. The fourth-order valence-corrected chi connectivity index (χ4v) is 3.62. The van der Waals surface area contributed by atoms with Crippen LogP contribution in [-0.4, -0.2) is 42.9 Å². The lowest BCUT2D eigenvalue weighted by atomic mass is 9.91. The maximum atomic E-state index is 14.4. The molecular formula is C19H22FN7O. The number of nitrogens with one attached hydrogen (secondary N) is 3. The molecule has 4 rings (SSSR count). The number of carbonyl (C=O) groups excluding carboxylic acids is 1. The van der Waals surface area contributed by atoms with Gasteiger partial charge in [-0.1, -0.05) is 6.92 Å². The number of rotatable bonds is 5. The van der Waals surface area contributed by atoms with Crippen molar-refractivity contribution < 1.29 is 9.18 Å². The molecule has 8 nitrogen and oxygen atoms in total. The molecule has 0 aromatic carbocycles. The minimum Gasteiger partial charge on any atom is -0.365 e. The van der Waals surface area contributed by atoms with E-state index in [-0.39, 0.29) is 23.8 Å². The number of halogens is 1. The number of anilines is 1. The van der Waals surface area contributed by atoms with Gasteiger partial charge in [0.15, 0.2) is 17.5 Å². The van der Waals surface area contributed by atoms with Gasteiger partial charge in [-0.05, 0) is 25.7 Å². The van der Waals surface area contributed by atoms with E-state index < -0.39 is 5.82 Å². The molecule has 3 heterocycles. The minimum absolute atomic E-state index is 0.0412. The third-order valence-electron chi connectivity index (χ3n) is 5.04. The second-order valence-electron chi connectivity index (χ2n) is 7.00. The molecule has 1 amide bonds. The monoisotopic (exact) mass is 383 g/mol. The Bertz CT molecular complexity index is 989. The molecule has 1 fully saturated rings. The van der Waals surface area contributed by atoms with Crippen LogP contribution in [0.4, 0.5) is 10.2 Å². The van der Waals surface area contributed by atoms with Crippen molar-refractivity contribution in [1.82, 2.24) is 30.2 Å². The summed E-state index contributed by atoms with van der Waals surface area (Å²) in [5, 5.41) is 7.01. The molecule has 3 aromatic rings. The highest BCUT2D eigenvalue weighted by atomic mass is 19.1. The number of amides is 1. The Morgan fingerprint density at radius 1 is 1.29 bits per heavy atom. The van der Waals surface area contributed by atoms with Crippen molar-refractivity contribution in [2.75, 3.05) is 5.32 Å². The summed E-state index contributed by atoms with van der Waals surface area (Å²) in [6.45, 7) is 1.83. The second-order valence-corrected chi connectivity index (χ2v) is 7.00. The fourth-order valence-electron chi connectivity index (χ4n) is 3.62. The van der Waals surface area contributed by atoms with Crippen LogP contribution in [0, 0.1) is 5.82 Å². The predicted molar refractivity (Wildman–Crippen MR) is 103 cm³/mol. The number of nitrogens with zero attached hydrogens (tertiary/aromatic N) is 4. The van der Waals surface area contributed by atoms with Crippen LogP contribution in [0.25, 0.3) is 22.4 Å². The van der Waals surface area contributed by atoms with E-state index in [9.17, 15) is 9.18 Å². The van der Waals surface area contributed by atoms with Crippen molar-refractivity contribution in [3.8, 4) is 11.4 Å². The van der Waals surface area contributed by atoms with Gasteiger partial charge in [-0.3, -0.25) is 4.79 Å². The van der Waals surface area contributed by atoms with Gasteiger partial charge in [0.2, 0.25) is 5.91 Å². The Morgan fingerprint density at radius 2 is 2.14 bits per heavy atom. The molecule has 3 N–H and O–H groups in total. The lowest BCUT2D eigenvalue weighted by molar-refractivity contribution is -0.121. The lowest BCUT2D eigenvalue weighted by Crippen LogP contribution is -2.41. The van der Waals surface area contributed by atoms with E-state index in [2.05, 4.69) is 35.6 Å². The number of hydrogen-bond donors (Lipinski definition) is 3. The molecule has 0 saturated heterocycles. The maximum Gasteiger partial charge on any atom is 0.219 e. The summed E-state index contributed by atoms with van der Waals surface area (Å²) in [6, 6.07) is 0.147. The second kappa shape index (κ2) is 7.87. The summed E-state index contributed by atoms with van der Waals surface area (Å²) >= 11 is 0. The normalized spacial score (nSPS) is 19.5. The van der Waals surface area contributed by atoms with Crippen molar-refractivity contribution in [3.05, 3.63) is 30.7 Å². The van der Waals surface area contributed by atoms with E-state index in [0.717, 1.165) is 36.6 Å². The molecule has 1 aliphatic carbocycles. The molecule has 2 atom stereocenters. The first-order valence-corrected chi connectivity index (χ1v) is 9.50. The third-order valence-corrected chi connectivity index (χ3v) is 5.04. The zero-order valence-corrected chi connectivity index (χ0v) is 15.6.